The van der Waals surface area contributed by atoms with Gasteiger partial charge in [0.25, 0.3) is 0 Å². The Morgan fingerprint density at radius 3 is 2.00 bits per heavy atom. The quantitative estimate of drug-likeness (QED) is 0.666. The number of fused-ring (bicyclic) bond motifs is 1. The molecular weight excluding hydrogens is 283 g/mol. The first-order valence-electron chi connectivity index (χ1n) is 4.98. The van der Waals surface area contributed by atoms with Crippen LogP contribution in [0.2, 0.25) is 0 Å². The topological polar surface area (TPSA) is 70.3 Å². The summed E-state index contributed by atoms with van der Waals surface area (Å²) in [5.74, 6) is 0. The molecule has 1 N–H and O–H groups in total. The number of aryl methyl sites for hydroxylation is 2. The van der Waals surface area contributed by atoms with Gasteiger partial charge in [-0.25, -0.2) is 0 Å². The van der Waals surface area contributed by atoms with Crippen molar-refractivity contribution >= 4 is 27.0 Å². The molecule has 0 unspecified atom stereocenters. The summed E-state index contributed by atoms with van der Waals surface area (Å²) in [6, 6.07) is 3.58. The van der Waals surface area contributed by atoms with Crippen LogP contribution in [-0.2, 0) is 0 Å². The summed E-state index contributed by atoms with van der Waals surface area (Å²) < 4.78 is 3.63. The molecule has 0 aliphatic carbocycles. The van der Waals surface area contributed by atoms with E-state index >= 15 is 0 Å². The summed E-state index contributed by atoms with van der Waals surface area (Å²) in [5.41, 5.74) is 0.657. The van der Waals surface area contributed by atoms with Crippen molar-refractivity contribution < 1.29 is 0 Å². The summed E-state index contributed by atoms with van der Waals surface area (Å²) in [6.45, 7) is 3.53. The molecule has 1 radical (unpaired) electrons. The van der Waals surface area contributed by atoms with Crippen LogP contribution in [0.1, 0.15) is 11.1 Å². The number of nitrogens with one attached hydrogen (secondary N) is 1. The molecule has 0 aliphatic rings. The van der Waals surface area contributed by atoms with E-state index in [2.05, 4.69) is 20.2 Å². The number of nitrogens with zero attached hydrogens (tertiary/aromatic N) is 1. The van der Waals surface area contributed by atoms with Gasteiger partial charge in [0.2, 0.25) is 0 Å². The Hall–Kier alpha value is -1.58. The molecule has 0 saturated heterocycles. The van der Waals surface area contributed by atoms with Crippen LogP contribution in [0.3, 0.4) is 0 Å². The number of hydrogen-bond donors (Lipinski definition) is 1. The molecular formula is C12H9N2O2Se. The van der Waals surface area contributed by atoms with Crippen molar-refractivity contribution in [3.63, 3.8) is 0 Å². The molecule has 0 aromatic heterocycles. The first-order valence-corrected chi connectivity index (χ1v) is 5.74. The van der Waals surface area contributed by atoms with Crippen LogP contribution in [0.5, 0.6) is 0 Å². The van der Waals surface area contributed by atoms with Crippen LogP contribution in [0.4, 0.5) is 0 Å². The predicted molar refractivity (Wildman–Crippen MR) is 65.5 cm³/mol. The SMILES string of the molecule is Cc1ccc(C)c2c(=O)/c(=N/[Se])c(=N)c(=O)c12. The van der Waals surface area contributed by atoms with Gasteiger partial charge in [0.05, 0.1) is 0 Å². The molecule has 0 aliphatic heterocycles. The molecule has 0 bridgehead atoms. The van der Waals surface area contributed by atoms with E-state index in [1.165, 1.54) is 0 Å². The zero-order valence-corrected chi connectivity index (χ0v) is 11.0. The Morgan fingerprint density at radius 1 is 1.06 bits per heavy atom. The molecule has 17 heavy (non-hydrogen) atoms. The van der Waals surface area contributed by atoms with E-state index in [1.807, 2.05) is 0 Å². The zero-order chi connectivity index (χ0) is 12.7. The molecule has 5 heteroatoms. The van der Waals surface area contributed by atoms with Gasteiger partial charge in [-0.3, -0.25) is 0 Å². The van der Waals surface area contributed by atoms with Crippen molar-refractivity contribution in [1.29, 1.82) is 5.41 Å². The van der Waals surface area contributed by atoms with Crippen molar-refractivity contribution in [2.24, 2.45) is 4.01 Å². The third-order valence-electron chi connectivity index (χ3n) is 2.85. The van der Waals surface area contributed by atoms with Gasteiger partial charge in [-0.1, -0.05) is 0 Å². The Bertz CT molecular complexity index is 831. The average molecular weight is 292 g/mol. The molecule has 0 amide bonds. The number of rotatable bonds is 0. The second kappa shape index (κ2) is 4.02. The summed E-state index contributed by atoms with van der Waals surface area (Å²) in [4.78, 5) is 24.2. The molecule has 0 heterocycles. The van der Waals surface area contributed by atoms with Gasteiger partial charge in [0.1, 0.15) is 0 Å². The second-order valence-electron chi connectivity index (χ2n) is 3.92. The molecule has 0 saturated carbocycles. The van der Waals surface area contributed by atoms with E-state index in [0.717, 1.165) is 5.56 Å². The Kier molecular flexibility index (Phi) is 2.81. The van der Waals surface area contributed by atoms with E-state index in [0.29, 0.717) is 16.3 Å². The fraction of sp³-hybridized carbons (Fsp3) is 0.167. The molecule has 0 spiro atoms. The van der Waals surface area contributed by atoms with Crippen molar-refractivity contribution in [1.82, 2.24) is 0 Å². The molecule has 85 valence electrons. The fourth-order valence-corrected chi connectivity index (χ4v) is 2.31. The van der Waals surface area contributed by atoms with Crippen molar-refractivity contribution in [2.45, 2.75) is 13.8 Å². The minimum atomic E-state index is -0.435. The average Bonchev–Trinajstić information content (AvgIpc) is 2.30. The van der Waals surface area contributed by atoms with E-state index < -0.39 is 5.43 Å². The van der Waals surface area contributed by atoms with Crippen molar-refractivity contribution in [3.05, 3.63) is 54.4 Å². The van der Waals surface area contributed by atoms with Crippen LogP contribution in [-0.4, -0.2) is 16.2 Å². The van der Waals surface area contributed by atoms with Crippen molar-refractivity contribution in [2.75, 3.05) is 0 Å². The van der Waals surface area contributed by atoms with Crippen LogP contribution >= 0.6 is 0 Å². The second-order valence-corrected chi connectivity index (χ2v) is 4.31. The summed E-state index contributed by atoms with van der Waals surface area (Å²) in [7, 11) is 0. The molecule has 4 nitrogen and oxygen atoms in total. The first-order chi connectivity index (χ1) is 7.99. The van der Waals surface area contributed by atoms with E-state index in [-0.39, 0.29) is 16.1 Å². The van der Waals surface area contributed by atoms with Crippen LogP contribution < -0.4 is 21.6 Å². The Balaban J connectivity index is 3.42. The molecule has 0 fully saturated rings. The third kappa shape index (κ3) is 1.59. The van der Waals surface area contributed by atoms with E-state index in [4.69, 9.17) is 5.41 Å². The fourth-order valence-electron chi connectivity index (χ4n) is 1.95. The van der Waals surface area contributed by atoms with E-state index in [9.17, 15) is 9.59 Å². The molecule has 2 rings (SSSR count). The van der Waals surface area contributed by atoms with Gasteiger partial charge in [-0.05, 0) is 0 Å². The number of hydrogen-bond acceptors (Lipinski definition) is 4. The van der Waals surface area contributed by atoms with Gasteiger partial charge < -0.3 is 0 Å². The van der Waals surface area contributed by atoms with Crippen molar-refractivity contribution in [3.8, 4) is 0 Å². The minimum absolute atomic E-state index is 0.101. The van der Waals surface area contributed by atoms with Crippen LogP contribution in [0, 0.1) is 19.3 Å². The molecule has 0 atom stereocenters. The predicted octanol–water partition coefficient (Wildman–Crippen LogP) is -0.484. The van der Waals surface area contributed by atoms with Gasteiger partial charge in [-0.15, -0.1) is 0 Å². The third-order valence-corrected chi connectivity index (χ3v) is 3.23. The zero-order valence-electron chi connectivity index (χ0n) is 9.33. The van der Waals surface area contributed by atoms with Gasteiger partial charge >= 0.3 is 105 Å². The first kappa shape index (κ1) is 11.9. The summed E-state index contributed by atoms with van der Waals surface area (Å²) >= 11 is 2.33. The standard InChI is InChI=1S/C12H9N2O2Se/c1-5-3-4-6(2)8-7(5)11(15)9(13)10(14-17)12(8)16/h3-4,13H,1-2H3/b13-9?,14-10+. The normalized spacial score (nSPS) is 12.2. The van der Waals surface area contributed by atoms with Crippen LogP contribution in [0.25, 0.3) is 10.8 Å². The van der Waals surface area contributed by atoms with Crippen LogP contribution in [0.15, 0.2) is 25.7 Å². The summed E-state index contributed by atoms with van der Waals surface area (Å²) in [5, 5.41) is 7.94. The molecule has 2 aromatic rings. The monoisotopic (exact) mass is 293 g/mol. The molecule has 2 aromatic carbocycles. The summed E-state index contributed by atoms with van der Waals surface area (Å²) in [6.07, 6.45) is 0. The van der Waals surface area contributed by atoms with Gasteiger partial charge in [0, 0.05) is 0 Å². The maximum absolute atomic E-state index is 12.1. The Morgan fingerprint density at radius 2 is 1.53 bits per heavy atom. The number of benzene rings is 2. The Labute approximate surface area is 105 Å². The van der Waals surface area contributed by atoms with Gasteiger partial charge in [0.15, 0.2) is 0 Å². The maximum atomic E-state index is 12.1. The van der Waals surface area contributed by atoms with Gasteiger partial charge in [-0.2, -0.15) is 0 Å². The van der Waals surface area contributed by atoms with E-state index in [1.54, 1.807) is 26.0 Å².